The number of hydrogen-bond donors (Lipinski definition) is 2. The lowest BCUT2D eigenvalue weighted by Crippen LogP contribution is -2.64. The van der Waals surface area contributed by atoms with Crippen molar-refractivity contribution < 1.29 is 4.74 Å². The Kier molecular flexibility index (Phi) is 3.89. The first-order valence-electron chi connectivity index (χ1n) is 6.79. The van der Waals surface area contributed by atoms with Crippen LogP contribution in [0.5, 0.6) is 0 Å². The molecule has 0 saturated heterocycles. The van der Waals surface area contributed by atoms with Gasteiger partial charge in [-0.2, -0.15) is 5.10 Å². The fourth-order valence-electron chi connectivity index (χ4n) is 2.60. The summed E-state index contributed by atoms with van der Waals surface area (Å²) in [6, 6.07) is 19.4. The van der Waals surface area contributed by atoms with Crippen LogP contribution in [0.3, 0.4) is 0 Å². The SMILES string of the molecule is CO[C@@]1(c2ccccc2)C(c2ccccc2)=NNC(=S)N1N. The molecule has 2 aromatic carbocycles. The molecule has 0 saturated carbocycles. The van der Waals surface area contributed by atoms with Crippen molar-refractivity contribution in [3.8, 4) is 0 Å². The number of thiocarbonyl (C=S) groups is 1. The van der Waals surface area contributed by atoms with E-state index in [0.717, 1.165) is 11.1 Å². The van der Waals surface area contributed by atoms with Gasteiger partial charge in [0.25, 0.3) is 0 Å². The highest BCUT2D eigenvalue weighted by Crippen LogP contribution is 2.34. The number of nitrogens with one attached hydrogen (secondary N) is 1. The minimum absolute atomic E-state index is 0.297. The quantitative estimate of drug-likeness (QED) is 0.670. The molecule has 5 nitrogen and oxygen atoms in total. The molecule has 0 radical (unpaired) electrons. The standard InChI is InChI=1S/C16H16N4OS/c1-21-16(13-10-6-3-7-11-13)14(12-8-4-2-5-9-12)18-19-15(22)20(16)17/h2-11H,17H2,1H3,(H,19,22)/t16-/m0/s1. The maximum absolute atomic E-state index is 6.25. The van der Waals surface area contributed by atoms with Crippen LogP contribution < -0.4 is 11.3 Å². The zero-order valence-corrected chi connectivity index (χ0v) is 12.9. The van der Waals surface area contributed by atoms with Gasteiger partial charge in [-0.05, 0) is 12.2 Å². The van der Waals surface area contributed by atoms with E-state index in [0.29, 0.717) is 10.8 Å². The monoisotopic (exact) mass is 312 g/mol. The molecule has 6 heteroatoms. The van der Waals surface area contributed by atoms with Crippen molar-refractivity contribution >= 4 is 23.0 Å². The normalized spacial score (nSPS) is 21.3. The number of hydrazine groups is 1. The molecule has 112 valence electrons. The van der Waals surface area contributed by atoms with E-state index < -0.39 is 5.72 Å². The Morgan fingerprint density at radius 3 is 2.27 bits per heavy atom. The zero-order valence-electron chi connectivity index (χ0n) is 12.1. The van der Waals surface area contributed by atoms with Gasteiger partial charge in [0, 0.05) is 18.2 Å². The minimum atomic E-state index is -1.08. The number of rotatable bonds is 3. The number of nitrogens with two attached hydrogens (primary N) is 1. The van der Waals surface area contributed by atoms with E-state index in [1.807, 2.05) is 60.7 Å². The van der Waals surface area contributed by atoms with Gasteiger partial charge in [0.2, 0.25) is 10.8 Å². The third-order valence-corrected chi connectivity index (χ3v) is 3.94. The molecule has 3 rings (SSSR count). The molecule has 0 spiro atoms. The highest BCUT2D eigenvalue weighted by molar-refractivity contribution is 7.80. The number of nitrogens with zero attached hydrogens (tertiary/aromatic N) is 2. The van der Waals surface area contributed by atoms with Gasteiger partial charge in [0.1, 0.15) is 5.71 Å². The molecule has 0 aliphatic carbocycles. The van der Waals surface area contributed by atoms with Gasteiger partial charge in [0.15, 0.2) is 0 Å². The van der Waals surface area contributed by atoms with Crippen molar-refractivity contribution in [1.82, 2.24) is 10.4 Å². The maximum atomic E-state index is 6.25. The maximum Gasteiger partial charge on any atom is 0.228 e. The first kappa shape index (κ1) is 14.6. The van der Waals surface area contributed by atoms with Crippen molar-refractivity contribution in [3.63, 3.8) is 0 Å². The second-order valence-corrected chi connectivity index (χ2v) is 5.21. The van der Waals surface area contributed by atoms with E-state index in [9.17, 15) is 0 Å². The van der Waals surface area contributed by atoms with Crippen molar-refractivity contribution in [1.29, 1.82) is 0 Å². The van der Waals surface area contributed by atoms with E-state index in [1.165, 1.54) is 5.01 Å². The van der Waals surface area contributed by atoms with Gasteiger partial charge < -0.3 is 4.74 Å². The van der Waals surface area contributed by atoms with E-state index in [2.05, 4.69) is 10.5 Å². The summed E-state index contributed by atoms with van der Waals surface area (Å²) in [4.78, 5) is 0. The average molecular weight is 312 g/mol. The van der Waals surface area contributed by atoms with E-state index in [4.69, 9.17) is 22.8 Å². The molecule has 0 unspecified atom stereocenters. The number of benzene rings is 2. The van der Waals surface area contributed by atoms with Crippen molar-refractivity contribution in [2.24, 2.45) is 10.9 Å². The Labute approximate surface area is 134 Å². The summed E-state index contributed by atoms with van der Waals surface area (Å²) in [5.74, 6) is 6.25. The lowest BCUT2D eigenvalue weighted by atomic mass is 9.91. The van der Waals surface area contributed by atoms with Crippen molar-refractivity contribution in [2.75, 3.05) is 7.11 Å². The van der Waals surface area contributed by atoms with Crippen LogP contribution in [0.25, 0.3) is 0 Å². The topological polar surface area (TPSA) is 62.9 Å². The Balaban J connectivity index is 2.24. The summed E-state index contributed by atoms with van der Waals surface area (Å²) in [6.45, 7) is 0. The summed E-state index contributed by atoms with van der Waals surface area (Å²) < 4.78 is 5.86. The summed E-state index contributed by atoms with van der Waals surface area (Å²) in [7, 11) is 1.60. The van der Waals surface area contributed by atoms with Gasteiger partial charge in [-0.3, -0.25) is 5.43 Å². The Morgan fingerprint density at radius 1 is 1.09 bits per heavy atom. The van der Waals surface area contributed by atoms with Crippen LogP contribution >= 0.6 is 12.2 Å². The van der Waals surface area contributed by atoms with Gasteiger partial charge in [-0.15, -0.1) is 0 Å². The van der Waals surface area contributed by atoms with Crippen molar-refractivity contribution in [3.05, 3.63) is 71.8 Å². The van der Waals surface area contributed by atoms with Crippen LogP contribution in [-0.2, 0) is 10.5 Å². The largest absolute Gasteiger partial charge is 0.348 e. The molecular formula is C16H16N4OS. The van der Waals surface area contributed by atoms with Crippen LogP contribution in [-0.4, -0.2) is 22.9 Å². The summed E-state index contributed by atoms with van der Waals surface area (Å²) in [6.07, 6.45) is 0. The van der Waals surface area contributed by atoms with Gasteiger partial charge >= 0.3 is 0 Å². The third kappa shape index (κ3) is 2.18. The van der Waals surface area contributed by atoms with Gasteiger partial charge in [0.05, 0.1) is 0 Å². The second kappa shape index (κ2) is 5.84. The van der Waals surface area contributed by atoms with Gasteiger partial charge in [-0.1, -0.05) is 60.7 Å². The van der Waals surface area contributed by atoms with Crippen LogP contribution in [0.15, 0.2) is 65.8 Å². The molecule has 0 amide bonds. The molecular weight excluding hydrogens is 296 g/mol. The first-order chi connectivity index (χ1) is 10.7. The Bertz CT molecular complexity index is 705. The molecule has 0 fully saturated rings. The molecule has 1 atom stereocenters. The summed E-state index contributed by atoms with van der Waals surface area (Å²) >= 11 is 5.25. The molecule has 0 aromatic heterocycles. The van der Waals surface area contributed by atoms with Crippen molar-refractivity contribution in [2.45, 2.75) is 5.72 Å². The molecule has 1 aliphatic rings. The predicted octanol–water partition coefficient (Wildman–Crippen LogP) is 1.95. The lowest BCUT2D eigenvalue weighted by molar-refractivity contribution is -0.0555. The Morgan fingerprint density at radius 2 is 1.68 bits per heavy atom. The molecule has 1 aliphatic heterocycles. The van der Waals surface area contributed by atoms with Crippen LogP contribution in [0.4, 0.5) is 0 Å². The Hall–Kier alpha value is -2.28. The number of ether oxygens (including phenoxy) is 1. The average Bonchev–Trinajstić information content (AvgIpc) is 2.59. The molecule has 2 aromatic rings. The number of hydrazone groups is 1. The van der Waals surface area contributed by atoms with Crippen LogP contribution in [0.1, 0.15) is 11.1 Å². The molecule has 1 heterocycles. The first-order valence-corrected chi connectivity index (χ1v) is 7.20. The highest BCUT2D eigenvalue weighted by atomic mass is 32.1. The molecule has 22 heavy (non-hydrogen) atoms. The molecule has 3 N–H and O–H groups in total. The smallest absolute Gasteiger partial charge is 0.228 e. The fourth-order valence-corrected chi connectivity index (χ4v) is 2.77. The lowest BCUT2D eigenvalue weighted by Gasteiger charge is -2.44. The fraction of sp³-hybridized carbons (Fsp3) is 0.125. The summed E-state index contributed by atoms with van der Waals surface area (Å²) in [5.41, 5.74) is 4.11. The van der Waals surface area contributed by atoms with Gasteiger partial charge in [-0.25, -0.2) is 10.9 Å². The highest BCUT2D eigenvalue weighted by Gasteiger charge is 2.47. The number of hydrogen-bond acceptors (Lipinski definition) is 4. The van der Waals surface area contributed by atoms with Crippen LogP contribution in [0.2, 0.25) is 0 Å². The van der Waals surface area contributed by atoms with E-state index in [1.54, 1.807) is 7.11 Å². The summed E-state index contributed by atoms with van der Waals surface area (Å²) in [5, 5.41) is 6.10. The zero-order chi connectivity index (χ0) is 15.6. The van der Waals surface area contributed by atoms with E-state index in [-0.39, 0.29) is 0 Å². The number of methoxy groups -OCH3 is 1. The van der Waals surface area contributed by atoms with E-state index >= 15 is 0 Å². The minimum Gasteiger partial charge on any atom is -0.348 e. The predicted molar refractivity (Wildman–Crippen MR) is 89.9 cm³/mol. The van der Waals surface area contributed by atoms with Crippen LogP contribution in [0, 0.1) is 0 Å². The molecule has 0 bridgehead atoms. The third-order valence-electron chi connectivity index (χ3n) is 3.65. The second-order valence-electron chi connectivity index (χ2n) is 4.83.